The van der Waals surface area contributed by atoms with Gasteiger partial charge in [0.25, 0.3) is 5.91 Å². The van der Waals surface area contributed by atoms with Crippen molar-refractivity contribution in [3.05, 3.63) is 95.8 Å². The molecule has 1 aliphatic rings. The van der Waals surface area contributed by atoms with E-state index in [4.69, 9.17) is 18.9 Å². The van der Waals surface area contributed by atoms with Crippen LogP contribution in [0.3, 0.4) is 0 Å². The van der Waals surface area contributed by atoms with Gasteiger partial charge in [-0.15, -0.1) is 0 Å². The van der Waals surface area contributed by atoms with Gasteiger partial charge >= 0.3 is 0 Å². The van der Waals surface area contributed by atoms with Gasteiger partial charge in [0, 0.05) is 6.54 Å². The summed E-state index contributed by atoms with van der Waals surface area (Å²) in [6.07, 6.45) is 0.657. The summed E-state index contributed by atoms with van der Waals surface area (Å²) >= 11 is 0. The second kappa shape index (κ2) is 10.8. The van der Waals surface area contributed by atoms with Crippen LogP contribution in [0.2, 0.25) is 0 Å². The van der Waals surface area contributed by atoms with Crippen LogP contribution in [-0.2, 0) is 11.2 Å². The second-order valence-corrected chi connectivity index (χ2v) is 8.82. The van der Waals surface area contributed by atoms with E-state index in [0.29, 0.717) is 36.0 Å². The first-order valence-electron chi connectivity index (χ1n) is 12.1. The zero-order valence-electron chi connectivity index (χ0n) is 20.8. The van der Waals surface area contributed by atoms with Crippen LogP contribution < -0.4 is 18.9 Å². The smallest absolute Gasteiger partial charge is 0.261 e. The summed E-state index contributed by atoms with van der Waals surface area (Å²) < 4.78 is 36.3. The van der Waals surface area contributed by atoms with Gasteiger partial charge in [0.1, 0.15) is 23.9 Å². The maximum atomic E-state index is 13.4. The molecule has 0 spiro atoms. The summed E-state index contributed by atoms with van der Waals surface area (Å²) in [5, 5.41) is 2.15. The molecule has 0 saturated heterocycles. The summed E-state index contributed by atoms with van der Waals surface area (Å²) in [6, 6.07) is 23.1. The van der Waals surface area contributed by atoms with E-state index in [0.717, 1.165) is 21.9 Å². The SMILES string of the molecule is COc1cc2c(cc1OC)C(COc1ccc(F)cc1)N(C(=O)COc1ccc3ccccc3c1)CC2. The Morgan fingerprint density at radius 1 is 0.865 bits per heavy atom. The lowest BCUT2D eigenvalue weighted by Crippen LogP contribution is -2.44. The molecule has 0 N–H and O–H groups in total. The molecule has 1 unspecified atom stereocenters. The van der Waals surface area contributed by atoms with E-state index in [1.807, 2.05) is 54.6 Å². The van der Waals surface area contributed by atoms with Gasteiger partial charge in [0.2, 0.25) is 0 Å². The number of nitrogens with zero attached hydrogens (tertiary/aromatic N) is 1. The number of halogens is 1. The van der Waals surface area contributed by atoms with Crippen LogP contribution in [0.5, 0.6) is 23.0 Å². The Hall–Kier alpha value is -4.26. The monoisotopic (exact) mass is 501 g/mol. The van der Waals surface area contributed by atoms with Gasteiger partial charge < -0.3 is 23.8 Å². The van der Waals surface area contributed by atoms with Gasteiger partial charge in [-0.2, -0.15) is 0 Å². The molecule has 0 radical (unpaired) electrons. The number of fused-ring (bicyclic) bond motifs is 2. The molecule has 0 aromatic heterocycles. The lowest BCUT2D eigenvalue weighted by molar-refractivity contribution is -0.137. The third kappa shape index (κ3) is 5.31. The molecular weight excluding hydrogens is 473 g/mol. The van der Waals surface area contributed by atoms with Gasteiger partial charge in [-0.25, -0.2) is 4.39 Å². The fraction of sp³-hybridized carbons (Fsp3) is 0.233. The number of methoxy groups -OCH3 is 2. The first-order valence-corrected chi connectivity index (χ1v) is 12.1. The van der Waals surface area contributed by atoms with E-state index in [2.05, 4.69) is 0 Å². The van der Waals surface area contributed by atoms with Crippen LogP contribution >= 0.6 is 0 Å². The van der Waals surface area contributed by atoms with Crippen molar-refractivity contribution in [1.29, 1.82) is 0 Å². The molecule has 4 aromatic carbocycles. The fourth-order valence-electron chi connectivity index (χ4n) is 4.70. The molecule has 1 amide bonds. The van der Waals surface area contributed by atoms with Crippen LogP contribution in [0.25, 0.3) is 10.8 Å². The van der Waals surface area contributed by atoms with Crippen molar-refractivity contribution < 1.29 is 28.1 Å². The Morgan fingerprint density at radius 2 is 1.57 bits per heavy atom. The zero-order valence-corrected chi connectivity index (χ0v) is 20.8. The Kier molecular flexibility index (Phi) is 7.12. The van der Waals surface area contributed by atoms with Gasteiger partial charge in [-0.1, -0.05) is 30.3 Å². The Morgan fingerprint density at radius 3 is 2.32 bits per heavy atom. The Balaban J connectivity index is 1.38. The van der Waals surface area contributed by atoms with Crippen LogP contribution in [0, 0.1) is 5.82 Å². The third-order valence-electron chi connectivity index (χ3n) is 6.63. The average molecular weight is 502 g/mol. The van der Waals surface area contributed by atoms with Crippen LogP contribution in [-0.4, -0.2) is 44.8 Å². The number of amides is 1. The zero-order chi connectivity index (χ0) is 25.8. The van der Waals surface area contributed by atoms with E-state index in [-0.39, 0.29) is 31.0 Å². The molecule has 0 aliphatic carbocycles. The number of carbonyl (C=O) groups is 1. The first-order chi connectivity index (χ1) is 18.1. The van der Waals surface area contributed by atoms with Gasteiger partial charge in [-0.05, 0) is 76.9 Å². The standard InChI is InChI=1S/C30H28FNO5/c1-34-28-16-22-13-14-32(30(33)19-37-25-10-7-20-5-3-4-6-21(20)15-25)27(26(22)17-29(28)35-2)18-36-24-11-8-23(31)9-12-24/h3-12,15-17,27H,13-14,18-19H2,1-2H3. The van der Waals surface area contributed by atoms with Crippen molar-refractivity contribution in [1.82, 2.24) is 4.90 Å². The summed E-state index contributed by atoms with van der Waals surface area (Å²) in [7, 11) is 3.18. The van der Waals surface area contributed by atoms with Crippen molar-refractivity contribution in [2.45, 2.75) is 12.5 Å². The van der Waals surface area contributed by atoms with Gasteiger partial charge in [-0.3, -0.25) is 4.79 Å². The third-order valence-corrected chi connectivity index (χ3v) is 6.63. The number of hydrogen-bond donors (Lipinski definition) is 0. The number of ether oxygens (including phenoxy) is 4. The molecule has 0 fully saturated rings. The number of rotatable bonds is 8. The largest absolute Gasteiger partial charge is 0.493 e. The molecule has 190 valence electrons. The maximum Gasteiger partial charge on any atom is 0.261 e. The minimum absolute atomic E-state index is 0.103. The molecule has 1 heterocycles. The van der Waals surface area contributed by atoms with Crippen molar-refractivity contribution in [2.75, 3.05) is 34.0 Å². The van der Waals surface area contributed by atoms with Crippen molar-refractivity contribution in [3.8, 4) is 23.0 Å². The molecule has 1 aliphatic heterocycles. The highest BCUT2D eigenvalue weighted by atomic mass is 19.1. The predicted octanol–water partition coefficient (Wildman–Crippen LogP) is 5.58. The fourth-order valence-corrected chi connectivity index (χ4v) is 4.70. The van der Waals surface area contributed by atoms with Gasteiger partial charge in [0.05, 0.1) is 20.3 Å². The molecule has 6 nitrogen and oxygen atoms in total. The lowest BCUT2D eigenvalue weighted by atomic mass is 9.92. The highest BCUT2D eigenvalue weighted by Crippen LogP contribution is 2.38. The molecule has 1 atom stereocenters. The molecule has 4 aromatic rings. The van der Waals surface area contributed by atoms with Crippen molar-refractivity contribution >= 4 is 16.7 Å². The van der Waals surface area contributed by atoms with Gasteiger partial charge in [0.15, 0.2) is 18.1 Å². The van der Waals surface area contributed by atoms with Crippen molar-refractivity contribution in [3.63, 3.8) is 0 Å². The highest BCUT2D eigenvalue weighted by Gasteiger charge is 2.33. The minimum Gasteiger partial charge on any atom is -0.493 e. The molecule has 5 rings (SSSR count). The summed E-state index contributed by atoms with van der Waals surface area (Å²) in [6.45, 7) is 0.587. The highest BCUT2D eigenvalue weighted by molar-refractivity contribution is 5.84. The molecular formula is C30H28FNO5. The van der Waals surface area contributed by atoms with E-state index < -0.39 is 0 Å². The van der Waals surface area contributed by atoms with Crippen molar-refractivity contribution in [2.24, 2.45) is 0 Å². The summed E-state index contributed by atoms with van der Waals surface area (Å²) in [4.78, 5) is 15.2. The van der Waals surface area contributed by atoms with E-state index in [1.54, 1.807) is 31.3 Å². The molecule has 37 heavy (non-hydrogen) atoms. The predicted molar refractivity (Wildman–Crippen MR) is 139 cm³/mol. The Labute approximate surface area is 215 Å². The summed E-state index contributed by atoms with van der Waals surface area (Å²) in [5.41, 5.74) is 1.98. The quantitative estimate of drug-likeness (QED) is 0.316. The first kappa shape index (κ1) is 24.4. The topological polar surface area (TPSA) is 57.2 Å². The summed E-state index contributed by atoms with van der Waals surface area (Å²) in [5.74, 6) is 1.88. The normalized spacial score (nSPS) is 14.7. The van der Waals surface area contributed by atoms with Crippen LogP contribution in [0.1, 0.15) is 17.2 Å². The number of hydrogen-bond acceptors (Lipinski definition) is 5. The molecule has 0 saturated carbocycles. The number of carbonyl (C=O) groups excluding carboxylic acids is 1. The molecule has 7 heteroatoms. The Bertz CT molecular complexity index is 1410. The van der Waals surface area contributed by atoms with E-state index in [1.165, 1.54) is 12.1 Å². The minimum atomic E-state index is -0.388. The number of benzene rings is 4. The van der Waals surface area contributed by atoms with E-state index >= 15 is 0 Å². The van der Waals surface area contributed by atoms with Crippen LogP contribution in [0.4, 0.5) is 4.39 Å². The van der Waals surface area contributed by atoms with E-state index in [9.17, 15) is 9.18 Å². The average Bonchev–Trinajstić information content (AvgIpc) is 2.94. The lowest BCUT2D eigenvalue weighted by Gasteiger charge is -2.37. The van der Waals surface area contributed by atoms with Crippen LogP contribution in [0.15, 0.2) is 78.9 Å². The maximum absolute atomic E-state index is 13.4. The molecule has 0 bridgehead atoms. The second-order valence-electron chi connectivity index (χ2n) is 8.82.